The number of rotatable bonds is 4. The quantitative estimate of drug-likeness (QED) is 0.390. The zero-order valence-electron chi connectivity index (χ0n) is 12.2. The van der Waals surface area contributed by atoms with Crippen molar-refractivity contribution in [2.24, 2.45) is 0 Å². The molecule has 2 aromatic rings. The van der Waals surface area contributed by atoms with E-state index in [0.29, 0.717) is 11.3 Å². The molecule has 1 unspecified atom stereocenters. The predicted octanol–water partition coefficient (Wildman–Crippen LogP) is 1.83. The molecular weight excluding hydrogens is 284 g/mol. The van der Waals surface area contributed by atoms with Crippen LogP contribution < -0.4 is 4.74 Å². The summed E-state index contributed by atoms with van der Waals surface area (Å²) in [6.07, 6.45) is -0.560. The van der Waals surface area contributed by atoms with Crippen molar-refractivity contribution in [2.45, 2.75) is 13.0 Å². The normalized spacial score (nSPS) is 10.9. The van der Waals surface area contributed by atoms with E-state index >= 15 is 0 Å². The summed E-state index contributed by atoms with van der Waals surface area (Å²) in [7, 11) is 0. The van der Waals surface area contributed by atoms with Crippen LogP contribution in [0, 0.1) is 0 Å². The summed E-state index contributed by atoms with van der Waals surface area (Å²) in [6.45, 7) is 1.39. The van der Waals surface area contributed by atoms with Crippen molar-refractivity contribution < 1.29 is 24.5 Å². The summed E-state index contributed by atoms with van der Waals surface area (Å²) in [5.41, 5.74) is 0.327. The van der Waals surface area contributed by atoms with Gasteiger partial charge in [0.2, 0.25) is 0 Å². The highest BCUT2D eigenvalue weighted by Gasteiger charge is 2.17. The van der Waals surface area contributed by atoms with Crippen LogP contribution in [0.4, 0.5) is 0 Å². The van der Waals surface area contributed by atoms with Crippen LogP contribution in [0.1, 0.15) is 17.3 Å². The number of esters is 1. The molecule has 2 N–H and O–H groups in total. The Kier molecular flexibility index (Phi) is 7.53. The lowest BCUT2D eigenvalue weighted by molar-refractivity contribution is -0.129. The molecular formula is C17H18O5. The molecule has 2 rings (SSSR count). The molecule has 0 aliphatic carbocycles. The van der Waals surface area contributed by atoms with Crippen LogP contribution in [-0.4, -0.2) is 34.7 Å². The van der Waals surface area contributed by atoms with Crippen molar-refractivity contribution >= 4 is 11.8 Å². The van der Waals surface area contributed by atoms with Crippen LogP contribution in [0.2, 0.25) is 0 Å². The second kappa shape index (κ2) is 9.44. The van der Waals surface area contributed by atoms with Crippen molar-refractivity contribution in [3.63, 3.8) is 0 Å². The van der Waals surface area contributed by atoms with Gasteiger partial charge in [-0.3, -0.25) is 4.79 Å². The molecule has 0 heterocycles. The summed E-state index contributed by atoms with van der Waals surface area (Å²) in [6, 6.07) is 16.8. The van der Waals surface area contributed by atoms with E-state index in [1.807, 2.05) is 0 Å². The second-order valence-corrected chi connectivity index (χ2v) is 4.43. The van der Waals surface area contributed by atoms with E-state index in [1.165, 1.54) is 6.92 Å². The fourth-order valence-electron chi connectivity index (χ4n) is 1.35. The van der Waals surface area contributed by atoms with E-state index in [9.17, 15) is 9.59 Å². The van der Waals surface area contributed by atoms with Gasteiger partial charge in [0.25, 0.3) is 5.78 Å². The summed E-state index contributed by atoms with van der Waals surface area (Å²) in [5.74, 6) is -1.15. The summed E-state index contributed by atoms with van der Waals surface area (Å²) >= 11 is 0. The van der Waals surface area contributed by atoms with E-state index in [0.717, 1.165) is 0 Å². The van der Waals surface area contributed by atoms with Gasteiger partial charge in [-0.1, -0.05) is 48.5 Å². The van der Waals surface area contributed by atoms with Crippen molar-refractivity contribution in [2.75, 3.05) is 6.61 Å². The molecule has 0 bridgehead atoms. The number of aliphatic hydroxyl groups is 2. The Labute approximate surface area is 128 Å². The van der Waals surface area contributed by atoms with Crippen LogP contribution in [-0.2, 0) is 4.79 Å². The Hall–Kier alpha value is -2.50. The highest BCUT2D eigenvalue weighted by molar-refractivity contribution is 6.41. The number of hydrogen-bond acceptors (Lipinski definition) is 5. The standard InChI is InChI=1S/C14H10O3.C3H8O2/c15-13(11-7-3-1-4-8-11)14(16)17-12-9-5-2-6-10-12;1-3(5)2-4/h1-10H;3-5H,2H2,1H3. The highest BCUT2D eigenvalue weighted by Crippen LogP contribution is 2.10. The fraction of sp³-hybridized carbons (Fsp3) is 0.176. The molecule has 0 aliphatic rings. The minimum Gasteiger partial charge on any atom is -0.421 e. The topological polar surface area (TPSA) is 83.8 Å². The molecule has 0 fully saturated rings. The van der Waals surface area contributed by atoms with Gasteiger partial charge in [-0.05, 0) is 19.1 Å². The molecule has 0 saturated carbocycles. The average molecular weight is 302 g/mol. The van der Waals surface area contributed by atoms with Gasteiger partial charge in [-0.2, -0.15) is 0 Å². The molecule has 0 spiro atoms. The third-order valence-corrected chi connectivity index (χ3v) is 2.44. The third kappa shape index (κ3) is 6.30. The molecule has 1 atom stereocenters. The van der Waals surface area contributed by atoms with Gasteiger partial charge in [0.15, 0.2) is 0 Å². The molecule has 2 aromatic carbocycles. The van der Waals surface area contributed by atoms with E-state index in [2.05, 4.69) is 0 Å². The first-order valence-corrected chi connectivity index (χ1v) is 6.70. The van der Waals surface area contributed by atoms with Gasteiger partial charge >= 0.3 is 5.97 Å². The minimum atomic E-state index is -0.873. The van der Waals surface area contributed by atoms with Gasteiger partial charge in [0.05, 0.1) is 12.7 Å². The molecule has 0 radical (unpaired) electrons. The van der Waals surface area contributed by atoms with Gasteiger partial charge in [0, 0.05) is 5.56 Å². The second-order valence-electron chi connectivity index (χ2n) is 4.43. The van der Waals surface area contributed by atoms with Crippen LogP contribution in [0.3, 0.4) is 0 Å². The molecule has 22 heavy (non-hydrogen) atoms. The molecule has 0 aromatic heterocycles. The van der Waals surface area contributed by atoms with Crippen molar-refractivity contribution in [3.05, 3.63) is 66.2 Å². The number of ether oxygens (including phenoxy) is 1. The lowest BCUT2D eigenvalue weighted by Crippen LogP contribution is -2.20. The summed E-state index contributed by atoms with van der Waals surface area (Å²) in [5, 5.41) is 16.0. The van der Waals surface area contributed by atoms with Crippen molar-refractivity contribution in [3.8, 4) is 5.75 Å². The highest BCUT2D eigenvalue weighted by atomic mass is 16.5. The number of ketones is 1. The number of hydrogen-bond donors (Lipinski definition) is 2. The minimum absolute atomic E-state index is 0.139. The number of para-hydroxylation sites is 1. The lowest BCUT2D eigenvalue weighted by Gasteiger charge is -2.02. The Balaban J connectivity index is 0.000000422. The molecule has 5 heteroatoms. The Morgan fingerprint density at radius 1 is 1.00 bits per heavy atom. The zero-order valence-corrected chi connectivity index (χ0v) is 12.2. The Morgan fingerprint density at radius 3 is 1.91 bits per heavy atom. The monoisotopic (exact) mass is 302 g/mol. The number of benzene rings is 2. The first kappa shape index (κ1) is 17.6. The molecule has 0 aliphatic heterocycles. The maximum atomic E-state index is 11.7. The van der Waals surface area contributed by atoms with Gasteiger partial charge in [0.1, 0.15) is 5.75 Å². The zero-order chi connectivity index (χ0) is 16.4. The predicted molar refractivity (Wildman–Crippen MR) is 81.6 cm³/mol. The van der Waals surface area contributed by atoms with Gasteiger partial charge < -0.3 is 14.9 Å². The van der Waals surface area contributed by atoms with Crippen LogP contribution in [0.5, 0.6) is 5.75 Å². The largest absolute Gasteiger partial charge is 0.421 e. The summed E-state index contributed by atoms with van der Waals surface area (Å²) < 4.78 is 4.94. The number of Topliss-reactive ketones (excluding diaryl/α,β-unsaturated/α-hetero) is 1. The Morgan fingerprint density at radius 2 is 1.45 bits per heavy atom. The van der Waals surface area contributed by atoms with E-state index in [1.54, 1.807) is 60.7 Å². The van der Waals surface area contributed by atoms with Gasteiger partial charge in [-0.15, -0.1) is 0 Å². The van der Waals surface area contributed by atoms with Crippen molar-refractivity contribution in [1.29, 1.82) is 0 Å². The molecule has 5 nitrogen and oxygen atoms in total. The Bertz CT molecular complexity index is 579. The van der Waals surface area contributed by atoms with E-state index < -0.39 is 17.9 Å². The summed E-state index contributed by atoms with van der Waals surface area (Å²) in [4.78, 5) is 23.2. The SMILES string of the molecule is CC(O)CO.O=C(Oc1ccccc1)C(=O)c1ccccc1. The third-order valence-electron chi connectivity index (χ3n) is 2.44. The fourth-order valence-corrected chi connectivity index (χ4v) is 1.35. The first-order valence-electron chi connectivity index (χ1n) is 6.70. The lowest BCUT2D eigenvalue weighted by atomic mass is 10.1. The number of carbonyl (C=O) groups is 2. The molecule has 0 saturated heterocycles. The van der Waals surface area contributed by atoms with E-state index in [-0.39, 0.29) is 6.61 Å². The number of aliphatic hydroxyl groups excluding tert-OH is 2. The molecule has 0 amide bonds. The van der Waals surface area contributed by atoms with E-state index in [4.69, 9.17) is 14.9 Å². The van der Waals surface area contributed by atoms with Crippen LogP contribution >= 0.6 is 0 Å². The van der Waals surface area contributed by atoms with Crippen LogP contribution in [0.25, 0.3) is 0 Å². The number of carbonyl (C=O) groups excluding carboxylic acids is 2. The first-order chi connectivity index (χ1) is 10.5. The van der Waals surface area contributed by atoms with Gasteiger partial charge in [-0.25, -0.2) is 4.79 Å². The average Bonchev–Trinajstić information content (AvgIpc) is 2.56. The van der Waals surface area contributed by atoms with Crippen LogP contribution in [0.15, 0.2) is 60.7 Å². The van der Waals surface area contributed by atoms with Crippen molar-refractivity contribution in [1.82, 2.24) is 0 Å². The smallest absolute Gasteiger partial charge is 0.385 e. The maximum Gasteiger partial charge on any atom is 0.385 e. The molecule has 116 valence electrons. The maximum absolute atomic E-state index is 11.7.